The highest BCUT2D eigenvalue weighted by atomic mass is 16.3. The first-order chi connectivity index (χ1) is 21.8. The summed E-state index contributed by atoms with van der Waals surface area (Å²) >= 11 is 0. The second kappa shape index (κ2) is 8.82. The average Bonchev–Trinajstić information content (AvgIpc) is 3.69. The van der Waals surface area contributed by atoms with Crippen LogP contribution in [-0.4, -0.2) is 0 Å². The highest BCUT2D eigenvalue weighted by Crippen LogP contribution is 2.43. The molecule has 0 spiro atoms. The molecule has 0 fully saturated rings. The van der Waals surface area contributed by atoms with Gasteiger partial charge >= 0.3 is 0 Å². The zero-order valence-electron chi connectivity index (χ0n) is 23.7. The summed E-state index contributed by atoms with van der Waals surface area (Å²) in [5.74, 6) is 0.845. The van der Waals surface area contributed by atoms with Gasteiger partial charge in [0.1, 0.15) is 22.5 Å². The van der Waals surface area contributed by atoms with Crippen LogP contribution in [-0.2, 0) is 0 Å². The van der Waals surface area contributed by atoms with Gasteiger partial charge in [-0.15, -0.1) is 0 Å². The smallest absolute Gasteiger partial charge is 0.136 e. The third kappa shape index (κ3) is 3.31. The number of rotatable bonds is 3. The molecule has 0 unspecified atom stereocenters. The maximum Gasteiger partial charge on any atom is 0.136 e. The molecule has 0 bridgehead atoms. The zero-order valence-corrected chi connectivity index (χ0v) is 23.7. The molecule has 0 aliphatic rings. The van der Waals surface area contributed by atoms with Crippen molar-refractivity contribution >= 4 is 65.2 Å². The van der Waals surface area contributed by atoms with E-state index in [2.05, 4.69) is 121 Å². The molecule has 2 nitrogen and oxygen atoms in total. The van der Waals surface area contributed by atoms with Crippen molar-refractivity contribution in [3.05, 3.63) is 146 Å². The first kappa shape index (κ1) is 23.7. The van der Waals surface area contributed by atoms with Gasteiger partial charge in [-0.3, -0.25) is 0 Å². The van der Waals surface area contributed by atoms with Crippen LogP contribution in [0.15, 0.2) is 154 Å². The Bertz CT molecular complexity index is 2710. The summed E-state index contributed by atoms with van der Waals surface area (Å²) in [5.41, 5.74) is 8.59. The second-order valence-electron chi connectivity index (χ2n) is 11.7. The summed E-state index contributed by atoms with van der Waals surface area (Å²) in [4.78, 5) is 0. The van der Waals surface area contributed by atoms with E-state index in [0.717, 1.165) is 44.2 Å². The molecule has 0 saturated carbocycles. The fourth-order valence-corrected chi connectivity index (χ4v) is 7.25. The van der Waals surface area contributed by atoms with Crippen LogP contribution in [0.4, 0.5) is 0 Å². The van der Waals surface area contributed by atoms with Crippen molar-refractivity contribution in [3.8, 4) is 33.6 Å². The van der Waals surface area contributed by atoms with Crippen LogP contribution in [0.2, 0.25) is 0 Å². The SMILES string of the molecule is c1ccc(-c2ccc3ccc4c(-c5ccc6oc(-c7cccc8oc9ccccc9c78)cc6c5)ccc5ccc2c3c54)cc1. The van der Waals surface area contributed by atoms with E-state index >= 15 is 0 Å². The van der Waals surface area contributed by atoms with E-state index in [9.17, 15) is 0 Å². The minimum atomic E-state index is 0.845. The van der Waals surface area contributed by atoms with Crippen molar-refractivity contribution < 1.29 is 8.83 Å². The normalized spacial score (nSPS) is 12.1. The summed E-state index contributed by atoms with van der Waals surface area (Å²) in [7, 11) is 0. The van der Waals surface area contributed by atoms with Crippen molar-refractivity contribution in [2.45, 2.75) is 0 Å². The van der Waals surface area contributed by atoms with E-state index in [1.807, 2.05) is 24.3 Å². The van der Waals surface area contributed by atoms with Crippen LogP contribution < -0.4 is 0 Å². The molecular weight excluding hydrogens is 536 g/mol. The molecule has 0 saturated heterocycles. The van der Waals surface area contributed by atoms with Gasteiger partial charge in [-0.1, -0.05) is 115 Å². The molecule has 8 aromatic carbocycles. The molecule has 0 radical (unpaired) electrons. The molecule has 0 N–H and O–H groups in total. The van der Waals surface area contributed by atoms with E-state index in [-0.39, 0.29) is 0 Å². The molecule has 44 heavy (non-hydrogen) atoms. The lowest BCUT2D eigenvalue weighted by Crippen LogP contribution is -1.89. The van der Waals surface area contributed by atoms with Crippen molar-refractivity contribution in [1.82, 2.24) is 0 Å². The molecule has 2 heterocycles. The number of benzene rings is 8. The Morgan fingerprint density at radius 2 is 1.00 bits per heavy atom. The molecule has 10 rings (SSSR count). The van der Waals surface area contributed by atoms with Gasteiger partial charge in [-0.05, 0) is 84.9 Å². The summed E-state index contributed by atoms with van der Waals surface area (Å²) in [6.07, 6.45) is 0. The Balaban J connectivity index is 1.16. The Morgan fingerprint density at radius 1 is 0.318 bits per heavy atom. The molecule has 204 valence electrons. The fraction of sp³-hybridized carbons (Fsp3) is 0. The Hall–Kier alpha value is -5.86. The highest BCUT2D eigenvalue weighted by Gasteiger charge is 2.18. The van der Waals surface area contributed by atoms with E-state index in [0.29, 0.717) is 0 Å². The van der Waals surface area contributed by atoms with Gasteiger partial charge in [0.15, 0.2) is 0 Å². The quantitative estimate of drug-likeness (QED) is 0.201. The van der Waals surface area contributed by atoms with E-state index in [4.69, 9.17) is 8.83 Å². The third-order valence-electron chi connectivity index (χ3n) is 9.24. The van der Waals surface area contributed by atoms with Crippen molar-refractivity contribution in [2.75, 3.05) is 0 Å². The molecule has 2 aromatic heterocycles. The van der Waals surface area contributed by atoms with Gasteiger partial charge in [0, 0.05) is 21.7 Å². The second-order valence-corrected chi connectivity index (χ2v) is 11.7. The van der Waals surface area contributed by atoms with Crippen LogP contribution in [0.3, 0.4) is 0 Å². The largest absolute Gasteiger partial charge is 0.456 e. The van der Waals surface area contributed by atoms with Gasteiger partial charge in [0.2, 0.25) is 0 Å². The predicted octanol–water partition coefficient (Wildman–Crippen LogP) is 12.2. The van der Waals surface area contributed by atoms with Crippen molar-refractivity contribution in [3.63, 3.8) is 0 Å². The minimum Gasteiger partial charge on any atom is -0.456 e. The number of hydrogen-bond acceptors (Lipinski definition) is 2. The molecule has 0 aliphatic heterocycles. The number of hydrogen-bond donors (Lipinski definition) is 0. The molecule has 2 heteroatoms. The van der Waals surface area contributed by atoms with E-state index < -0.39 is 0 Å². The van der Waals surface area contributed by atoms with Gasteiger partial charge in [0.05, 0.1) is 0 Å². The Morgan fingerprint density at radius 3 is 1.80 bits per heavy atom. The fourth-order valence-electron chi connectivity index (χ4n) is 7.25. The molecule has 0 amide bonds. The third-order valence-corrected chi connectivity index (χ3v) is 9.24. The summed E-state index contributed by atoms with van der Waals surface area (Å²) in [6.45, 7) is 0. The summed E-state index contributed by atoms with van der Waals surface area (Å²) in [6, 6.07) is 51.9. The Labute approximate surface area is 252 Å². The van der Waals surface area contributed by atoms with Crippen LogP contribution in [0, 0.1) is 0 Å². The predicted molar refractivity (Wildman–Crippen MR) is 184 cm³/mol. The first-order valence-electron chi connectivity index (χ1n) is 15.0. The van der Waals surface area contributed by atoms with E-state index in [1.54, 1.807) is 0 Å². The maximum atomic E-state index is 6.46. The lowest BCUT2D eigenvalue weighted by molar-refractivity contribution is 0.632. The molecule has 0 aliphatic carbocycles. The van der Waals surface area contributed by atoms with Crippen LogP contribution in [0.5, 0.6) is 0 Å². The molecule has 0 atom stereocenters. The lowest BCUT2D eigenvalue weighted by atomic mass is 9.87. The minimum absolute atomic E-state index is 0.845. The average molecular weight is 561 g/mol. The van der Waals surface area contributed by atoms with E-state index in [1.165, 1.54) is 54.6 Å². The van der Waals surface area contributed by atoms with Gasteiger partial charge in [-0.2, -0.15) is 0 Å². The number of fused-ring (bicyclic) bond motifs is 4. The Kier molecular flexibility index (Phi) is 4.75. The van der Waals surface area contributed by atoms with Crippen molar-refractivity contribution in [1.29, 1.82) is 0 Å². The monoisotopic (exact) mass is 560 g/mol. The van der Waals surface area contributed by atoms with Crippen LogP contribution in [0.25, 0.3) is 98.8 Å². The topological polar surface area (TPSA) is 26.3 Å². The maximum absolute atomic E-state index is 6.46. The summed E-state index contributed by atoms with van der Waals surface area (Å²) < 4.78 is 12.6. The highest BCUT2D eigenvalue weighted by molar-refractivity contribution is 6.27. The molecule has 10 aromatic rings. The van der Waals surface area contributed by atoms with Crippen molar-refractivity contribution in [2.24, 2.45) is 0 Å². The number of para-hydroxylation sites is 1. The van der Waals surface area contributed by atoms with Gasteiger partial charge in [0.25, 0.3) is 0 Å². The number of furan rings is 2. The lowest BCUT2D eigenvalue weighted by Gasteiger charge is -2.16. The van der Waals surface area contributed by atoms with Crippen LogP contribution in [0.1, 0.15) is 0 Å². The van der Waals surface area contributed by atoms with Gasteiger partial charge in [-0.25, -0.2) is 0 Å². The zero-order chi connectivity index (χ0) is 28.8. The standard InChI is InChI=1S/C42H24O2/c1-2-7-25(8-3-1)30-18-13-26-16-21-33-31(19-14-27-15-20-32(30)40(26)41(27)33)28-17-22-36-29(23-28)24-39(43-36)35-10-6-12-38-42(35)34-9-4-5-11-37(34)44-38/h1-24H. The molecular formula is C42H24O2. The summed E-state index contributed by atoms with van der Waals surface area (Å²) in [5, 5.41) is 11.0. The van der Waals surface area contributed by atoms with Crippen LogP contribution >= 0.6 is 0 Å². The first-order valence-corrected chi connectivity index (χ1v) is 15.0. The van der Waals surface area contributed by atoms with Gasteiger partial charge < -0.3 is 8.83 Å².